The summed E-state index contributed by atoms with van der Waals surface area (Å²) in [6, 6.07) is 0. The number of hydrogen-bond donors (Lipinski definition) is 0. The molecule has 0 saturated heterocycles. The van der Waals surface area contributed by atoms with Crippen LogP contribution in [-0.4, -0.2) is 25.2 Å². The van der Waals surface area contributed by atoms with Gasteiger partial charge in [0, 0.05) is 0 Å². The van der Waals surface area contributed by atoms with Gasteiger partial charge in [0.05, 0.1) is 13.2 Å². The average Bonchev–Trinajstić information content (AvgIpc) is 2.29. The van der Waals surface area contributed by atoms with Gasteiger partial charge in [-0.2, -0.15) is 8.78 Å². The van der Waals surface area contributed by atoms with E-state index < -0.39 is 19.5 Å². The molecular formula is C10H19F2O4P. The molecule has 0 rings (SSSR count). The molecule has 0 amide bonds. The fraction of sp³-hybridized carbons (Fsp3) is 0.900. The summed E-state index contributed by atoms with van der Waals surface area (Å²) in [5.41, 5.74) is -4.07. The normalized spacial score (nSPS) is 12.7. The third-order valence-electron chi connectivity index (χ3n) is 2.03. The molecule has 0 aliphatic heterocycles. The van der Waals surface area contributed by atoms with E-state index in [1.165, 1.54) is 0 Å². The molecule has 0 aromatic carbocycles. The van der Waals surface area contributed by atoms with Crippen molar-refractivity contribution in [1.29, 1.82) is 0 Å². The summed E-state index contributed by atoms with van der Waals surface area (Å²) in [5.74, 6) is 0. The molecule has 4 nitrogen and oxygen atoms in total. The Labute approximate surface area is 100 Å². The minimum absolute atomic E-state index is 0.108. The topological polar surface area (TPSA) is 52.6 Å². The monoisotopic (exact) mass is 272 g/mol. The van der Waals surface area contributed by atoms with E-state index in [0.29, 0.717) is 25.7 Å². The first-order valence-electron chi connectivity index (χ1n) is 5.67. The van der Waals surface area contributed by atoms with Crippen LogP contribution in [0.15, 0.2) is 0 Å². The molecule has 0 spiro atoms. The molecule has 0 N–H and O–H groups in total. The third kappa shape index (κ3) is 5.23. The van der Waals surface area contributed by atoms with Crippen LogP contribution < -0.4 is 0 Å². The number of alkyl halides is 2. The van der Waals surface area contributed by atoms with Crippen molar-refractivity contribution in [2.45, 2.75) is 45.2 Å². The summed E-state index contributed by atoms with van der Waals surface area (Å²) in [5, 5.41) is 0. The molecule has 102 valence electrons. The van der Waals surface area contributed by atoms with Crippen LogP contribution in [-0.2, 0) is 18.4 Å². The molecule has 7 heteroatoms. The summed E-state index contributed by atoms with van der Waals surface area (Å²) in [7, 11) is -4.68. The smallest absolute Gasteiger partial charge is 0.304 e. The fourth-order valence-electron chi connectivity index (χ4n) is 0.932. The summed E-state index contributed by atoms with van der Waals surface area (Å²) in [6.07, 6.45) is 1.71. The minimum atomic E-state index is -4.68. The van der Waals surface area contributed by atoms with E-state index in [2.05, 4.69) is 9.05 Å². The number of unbranched alkanes of at least 4 members (excludes halogenated alkanes) is 2. The van der Waals surface area contributed by atoms with Crippen molar-refractivity contribution in [3.63, 3.8) is 0 Å². The van der Waals surface area contributed by atoms with Crippen molar-refractivity contribution in [2.24, 2.45) is 0 Å². The predicted molar refractivity (Wildman–Crippen MR) is 60.3 cm³/mol. The number of rotatable bonds is 10. The van der Waals surface area contributed by atoms with E-state index >= 15 is 0 Å². The van der Waals surface area contributed by atoms with Crippen LogP contribution in [0.2, 0.25) is 0 Å². The predicted octanol–water partition coefficient (Wildman–Crippen LogP) is 3.60. The van der Waals surface area contributed by atoms with Crippen molar-refractivity contribution >= 4 is 13.9 Å². The van der Waals surface area contributed by atoms with Gasteiger partial charge < -0.3 is 9.05 Å². The molecule has 0 saturated carbocycles. The fourth-order valence-corrected chi connectivity index (χ4v) is 2.22. The SMILES string of the molecule is CCCCOP(=O)(OCCCC)C(F)(F)C=O. The van der Waals surface area contributed by atoms with E-state index in [1.54, 1.807) is 0 Å². The van der Waals surface area contributed by atoms with E-state index in [4.69, 9.17) is 0 Å². The highest BCUT2D eigenvalue weighted by Gasteiger charge is 2.53. The third-order valence-corrected chi connectivity index (χ3v) is 3.91. The van der Waals surface area contributed by atoms with Crippen molar-refractivity contribution in [3.8, 4) is 0 Å². The Morgan fingerprint density at radius 2 is 1.53 bits per heavy atom. The van der Waals surface area contributed by atoms with Gasteiger partial charge in [0.15, 0.2) is 0 Å². The molecule has 0 aromatic heterocycles. The van der Waals surface area contributed by atoms with Crippen LogP contribution in [0.4, 0.5) is 8.78 Å². The van der Waals surface area contributed by atoms with Gasteiger partial charge in [-0.25, -0.2) is 0 Å². The van der Waals surface area contributed by atoms with E-state index in [-0.39, 0.29) is 13.2 Å². The lowest BCUT2D eigenvalue weighted by molar-refractivity contribution is -0.122. The van der Waals surface area contributed by atoms with Crippen molar-refractivity contribution < 1.29 is 27.2 Å². The van der Waals surface area contributed by atoms with Gasteiger partial charge in [0.1, 0.15) is 0 Å². The molecule has 0 atom stereocenters. The first kappa shape index (κ1) is 16.7. The maximum absolute atomic E-state index is 13.2. The molecule has 0 fully saturated rings. The van der Waals surface area contributed by atoms with Gasteiger partial charge in [0.25, 0.3) is 0 Å². The Balaban J connectivity index is 4.57. The highest BCUT2D eigenvalue weighted by molar-refractivity contribution is 7.56. The molecule has 0 heterocycles. The summed E-state index contributed by atoms with van der Waals surface area (Å²) >= 11 is 0. The summed E-state index contributed by atoms with van der Waals surface area (Å²) in [6.45, 7) is 3.46. The Morgan fingerprint density at radius 3 is 1.82 bits per heavy atom. The van der Waals surface area contributed by atoms with Gasteiger partial charge in [-0.1, -0.05) is 26.7 Å². The van der Waals surface area contributed by atoms with E-state index in [9.17, 15) is 18.1 Å². The summed E-state index contributed by atoms with van der Waals surface area (Å²) in [4.78, 5) is 10.3. The maximum atomic E-state index is 13.2. The Kier molecular flexibility index (Phi) is 7.75. The van der Waals surface area contributed by atoms with Gasteiger partial charge >= 0.3 is 13.3 Å². The lowest BCUT2D eigenvalue weighted by Gasteiger charge is -2.22. The quantitative estimate of drug-likeness (QED) is 0.346. The molecule has 0 unspecified atom stereocenters. The number of aldehydes is 1. The van der Waals surface area contributed by atoms with Crippen LogP contribution >= 0.6 is 7.60 Å². The number of carbonyl (C=O) groups is 1. The van der Waals surface area contributed by atoms with Crippen LogP contribution in [0.1, 0.15) is 39.5 Å². The molecule has 0 aromatic rings. The zero-order valence-electron chi connectivity index (χ0n) is 10.2. The first-order valence-corrected chi connectivity index (χ1v) is 7.21. The van der Waals surface area contributed by atoms with Crippen molar-refractivity contribution in [3.05, 3.63) is 0 Å². The van der Waals surface area contributed by atoms with Crippen LogP contribution in [0, 0.1) is 0 Å². The Morgan fingerprint density at radius 1 is 1.12 bits per heavy atom. The van der Waals surface area contributed by atoms with Gasteiger partial charge in [-0.15, -0.1) is 0 Å². The Bertz CT molecular complexity index is 257. The van der Waals surface area contributed by atoms with Crippen molar-refractivity contribution in [2.75, 3.05) is 13.2 Å². The van der Waals surface area contributed by atoms with Gasteiger partial charge in [-0.05, 0) is 12.8 Å². The molecule has 0 aliphatic rings. The lowest BCUT2D eigenvalue weighted by atomic mass is 10.4. The molecule has 0 radical (unpaired) electrons. The summed E-state index contributed by atoms with van der Waals surface area (Å²) < 4.78 is 47.4. The number of carbonyl (C=O) groups excluding carboxylic acids is 1. The second-order valence-electron chi connectivity index (χ2n) is 3.58. The van der Waals surface area contributed by atoms with Gasteiger partial charge in [0.2, 0.25) is 6.29 Å². The lowest BCUT2D eigenvalue weighted by Crippen LogP contribution is -2.22. The van der Waals surface area contributed by atoms with Crippen molar-refractivity contribution in [1.82, 2.24) is 0 Å². The zero-order valence-corrected chi connectivity index (χ0v) is 11.1. The molecule has 0 bridgehead atoms. The number of halogens is 2. The zero-order chi connectivity index (χ0) is 13.4. The first-order chi connectivity index (χ1) is 7.93. The van der Waals surface area contributed by atoms with Crippen LogP contribution in [0.5, 0.6) is 0 Å². The maximum Gasteiger partial charge on any atom is 0.407 e. The molecular weight excluding hydrogens is 253 g/mol. The van der Waals surface area contributed by atoms with E-state index in [1.807, 2.05) is 13.8 Å². The van der Waals surface area contributed by atoms with Gasteiger partial charge in [-0.3, -0.25) is 9.36 Å². The van der Waals surface area contributed by atoms with Crippen LogP contribution in [0.25, 0.3) is 0 Å². The van der Waals surface area contributed by atoms with E-state index in [0.717, 1.165) is 0 Å². The Hall–Kier alpha value is -0.320. The average molecular weight is 272 g/mol. The van der Waals surface area contributed by atoms with Crippen LogP contribution in [0.3, 0.4) is 0 Å². The molecule has 0 aliphatic carbocycles. The second kappa shape index (κ2) is 7.90. The second-order valence-corrected chi connectivity index (χ2v) is 5.68. The molecule has 17 heavy (non-hydrogen) atoms. The number of hydrogen-bond acceptors (Lipinski definition) is 4. The minimum Gasteiger partial charge on any atom is -0.304 e. The highest BCUT2D eigenvalue weighted by Crippen LogP contribution is 2.61. The highest BCUT2D eigenvalue weighted by atomic mass is 31.2. The standard InChI is InChI=1S/C10H19F2O4P/c1-3-5-7-15-17(14,10(11,12)9-13)16-8-6-4-2/h9H,3-8H2,1-2H3. The largest absolute Gasteiger partial charge is 0.407 e.